The van der Waals surface area contributed by atoms with Crippen LogP contribution in [0.5, 0.6) is 5.75 Å². The summed E-state index contributed by atoms with van der Waals surface area (Å²) in [7, 11) is 0. The van der Waals surface area contributed by atoms with Crippen molar-refractivity contribution >= 4 is 6.08 Å². The van der Waals surface area contributed by atoms with Gasteiger partial charge in [-0.05, 0) is 79.4 Å². The lowest BCUT2D eigenvalue weighted by molar-refractivity contribution is -0.0232. The second-order valence-corrected chi connectivity index (χ2v) is 7.21. The van der Waals surface area contributed by atoms with Crippen LogP contribution in [-0.2, 0) is 0 Å². The zero-order chi connectivity index (χ0) is 12.9. The van der Waals surface area contributed by atoms with Crippen molar-refractivity contribution in [3.05, 3.63) is 35.9 Å². The van der Waals surface area contributed by atoms with E-state index in [0.29, 0.717) is 11.2 Å². The lowest BCUT2D eigenvalue weighted by atomic mass is 9.49. The largest absolute Gasteiger partial charge is 0.508 e. The molecule has 0 amide bonds. The van der Waals surface area contributed by atoms with Gasteiger partial charge < -0.3 is 5.11 Å². The van der Waals surface area contributed by atoms with Crippen LogP contribution in [0.3, 0.4) is 0 Å². The zero-order valence-electron chi connectivity index (χ0n) is 11.4. The standard InChI is InChI=1S/C18H22O/c19-17-3-1-2-13(9-17)4-5-18-10-14-6-15(11-18)8-16(7-14)12-18/h1-5,9,14-16,19H,6-8,10-12H2/b5-4+. The van der Waals surface area contributed by atoms with E-state index >= 15 is 0 Å². The fraction of sp³-hybridized carbons (Fsp3) is 0.556. The van der Waals surface area contributed by atoms with Gasteiger partial charge in [0.15, 0.2) is 0 Å². The van der Waals surface area contributed by atoms with E-state index in [0.717, 1.165) is 23.3 Å². The number of phenolic OH excluding ortho intramolecular Hbond substituents is 1. The van der Waals surface area contributed by atoms with Crippen LogP contribution in [0.4, 0.5) is 0 Å². The molecular weight excluding hydrogens is 232 g/mol. The van der Waals surface area contributed by atoms with Crippen molar-refractivity contribution in [3.8, 4) is 5.75 Å². The fourth-order valence-electron chi connectivity index (χ4n) is 5.28. The minimum atomic E-state index is 0.368. The summed E-state index contributed by atoms with van der Waals surface area (Å²) in [4.78, 5) is 0. The number of hydrogen-bond donors (Lipinski definition) is 1. The third-order valence-electron chi connectivity index (χ3n) is 5.59. The van der Waals surface area contributed by atoms with Gasteiger partial charge in [0.2, 0.25) is 0 Å². The Morgan fingerprint density at radius 1 is 1.00 bits per heavy atom. The van der Waals surface area contributed by atoms with Crippen LogP contribution in [0.1, 0.15) is 44.1 Å². The molecule has 19 heavy (non-hydrogen) atoms. The van der Waals surface area contributed by atoms with E-state index < -0.39 is 0 Å². The van der Waals surface area contributed by atoms with Crippen molar-refractivity contribution in [2.75, 3.05) is 0 Å². The Morgan fingerprint density at radius 3 is 2.21 bits per heavy atom. The number of benzene rings is 1. The molecule has 1 heteroatoms. The van der Waals surface area contributed by atoms with Crippen LogP contribution >= 0.6 is 0 Å². The minimum Gasteiger partial charge on any atom is -0.508 e. The summed E-state index contributed by atoms with van der Waals surface area (Å²) in [6.45, 7) is 0. The summed E-state index contributed by atoms with van der Waals surface area (Å²) < 4.78 is 0. The molecule has 0 radical (unpaired) electrons. The smallest absolute Gasteiger partial charge is 0.116 e. The van der Waals surface area contributed by atoms with Gasteiger partial charge in [0.05, 0.1) is 0 Å². The van der Waals surface area contributed by atoms with E-state index in [1.165, 1.54) is 38.5 Å². The Labute approximate surface area is 115 Å². The van der Waals surface area contributed by atoms with Crippen molar-refractivity contribution in [3.63, 3.8) is 0 Å². The molecule has 1 nitrogen and oxygen atoms in total. The average molecular weight is 254 g/mol. The highest BCUT2D eigenvalue weighted by molar-refractivity contribution is 5.52. The summed E-state index contributed by atoms with van der Waals surface area (Å²) in [6, 6.07) is 7.60. The molecular formula is C18H22O. The van der Waals surface area contributed by atoms with Crippen molar-refractivity contribution in [1.82, 2.24) is 0 Å². The lowest BCUT2D eigenvalue weighted by Crippen LogP contribution is -2.44. The maximum Gasteiger partial charge on any atom is 0.116 e. The second-order valence-electron chi connectivity index (χ2n) is 7.21. The zero-order valence-corrected chi connectivity index (χ0v) is 11.4. The molecule has 4 aliphatic carbocycles. The van der Waals surface area contributed by atoms with Crippen LogP contribution in [0.25, 0.3) is 6.08 Å². The van der Waals surface area contributed by atoms with Crippen LogP contribution < -0.4 is 0 Å². The normalized spacial score (nSPS) is 40.1. The molecule has 4 saturated carbocycles. The predicted molar refractivity (Wildman–Crippen MR) is 77.7 cm³/mol. The van der Waals surface area contributed by atoms with Gasteiger partial charge in [0.1, 0.15) is 5.75 Å². The molecule has 4 bridgehead atoms. The first-order chi connectivity index (χ1) is 9.21. The van der Waals surface area contributed by atoms with Gasteiger partial charge >= 0.3 is 0 Å². The molecule has 0 aliphatic heterocycles. The molecule has 0 saturated heterocycles. The maximum absolute atomic E-state index is 9.54. The molecule has 0 spiro atoms. The van der Waals surface area contributed by atoms with Gasteiger partial charge in [-0.25, -0.2) is 0 Å². The second kappa shape index (κ2) is 4.13. The number of rotatable bonds is 2. The summed E-state index contributed by atoms with van der Waals surface area (Å²) in [5.74, 6) is 3.37. The predicted octanol–water partition coefficient (Wildman–Crippen LogP) is 4.62. The van der Waals surface area contributed by atoms with Gasteiger partial charge in [-0.2, -0.15) is 0 Å². The van der Waals surface area contributed by atoms with E-state index in [1.807, 2.05) is 12.1 Å². The summed E-state index contributed by atoms with van der Waals surface area (Å²) in [6.07, 6.45) is 13.5. The molecule has 4 aliphatic rings. The highest BCUT2D eigenvalue weighted by Crippen LogP contribution is 2.60. The van der Waals surface area contributed by atoms with Gasteiger partial charge in [-0.15, -0.1) is 0 Å². The van der Waals surface area contributed by atoms with Crippen molar-refractivity contribution in [2.24, 2.45) is 23.2 Å². The van der Waals surface area contributed by atoms with Crippen molar-refractivity contribution in [2.45, 2.75) is 38.5 Å². The first-order valence-electron chi connectivity index (χ1n) is 7.69. The van der Waals surface area contributed by atoms with Crippen LogP contribution in [0.2, 0.25) is 0 Å². The fourth-order valence-corrected chi connectivity index (χ4v) is 5.28. The van der Waals surface area contributed by atoms with Gasteiger partial charge in [0.25, 0.3) is 0 Å². The Hall–Kier alpha value is -1.24. The first kappa shape index (κ1) is 11.6. The molecule has 0 heterocycles. The Morgan fingerprint density at radius 2 is 1.63 bits per heavy atom. The van der Waals surface area contributed by atoms with E-state index in [4.69, 9.17) is 0 Å². The number of hydrogen-bond acceptors (Lipinski definition) is 1. The summed E-state index contributed by atoms with van der Waals surface area (Å²) in [5, 5.41) is 9.54. The van der Waals surface area contributed by atoms with Crippen LogP contribution in [-0.4, -0.2) is 5.11 Å². The van der Waals surface area contributed by atoms with Crippen LogP contribution in [0, 0.1) is 23.2 Å². The molecule has 0 atom stereocenters. The van der Waals surface area contributed by atoms with Crippen molar-refractivity contribution < 1.29 is 5.11 Å². The molecule has 100 valence electrons. The molecule has 4 fully saturated rings. The molecule has 5 rings (SSSR count). The third kappa shape index (κ3) is 2.09. The number of phenols is 1. The number of aromatic hydroxyl groups is 1. The lowest BCUT2D eigenvalue weighted by Gasteiger charge is -2.55. The van der Waals surface area contributed by atoms with Gasteiger partial charge in [-0.1, -0.05) is 24.3 Å². The first-order valence-corrected chi connectivity index (χ1v) is 7.69. The van der Waals surface area contributed by atoms with E-state index in [-0.39, 0.29) is 0 Å². The van der Waals surface area contributed by atoms with E-state index in [9.17, 15) is 5.11 Å². The van der Waals surface area contributed by atoms with Crippen LogP contribution in [0.15, 0.2) is 30.3 Å². The van der Waals surface area contributed by atoms with Gasteiger partial charge in [-0.3, -0.25) is 0 Å². The van der Waals surface area contributed by atoms with E-state index in [1.54, 1.807) is 6.07 Å². The van der Waals surface area contributed by atoms with E-state index in [2.05, 4.69) is 18.2 Å². The quantitative estimate of drug-likeness (QED) is 0.816. The minimum absolute atomic E-state index is 0.368. The number of allylic oxidation sites excluding steroid dienone is 1. The SMILES string of the molecule is Oc1cccc(/C=C/C23CC4CC(CC(C4)C2)C3)c1. The summed E-state index contributed by atoms with van der Waals surface area (Å²) >= 11 is 0. The topological polar surface area (TPSA) is 20.2 Å². The highest BCUT2D eigenvalue weighted by Gasteiger charge is 2.49. The molecule has 1 aromatic rings. The molecule has 1 aromatic carbocycles. The Balaban J connectivity index is 1.59. The highest BCUT2D eigenvalue weighted by atomic mass is 16.3. The van der Waals surface area contributed by atoms with Crippen molar-refractivity contribution in [1.29, 1.82) is 0 Å². The third-order valence-corrected chi connectivity index (χ3v) is 5.59. The Kier molecular flexibility index (Phi) is 2.51. The monoisotopic (exact) mass is 254 g/mol. The molecule has 0 aromatic heterocycles. The maximum atomic E-state index is 9.54. The van der Waals surface area contributed by atoms with Gasteiger partial charge in [0, 0.05) is 0 Å². The molecule has 1 N–H and O–H groups in total. The molecule has 0 unspecified atom stereocenters. The Bertz CT molecular complexity index is 479. The summed E-state index contributed by atoms with van der Waals surface area (Å²) in [5.41, 5.74) is 1.62. The average Bonchev–Trinajstić information content (AvgIpc) is 2.35.